The van der Waals surface area contributed by atoms with E-state index < -0.39 is 0 Å². The van der Waals surface area contributed by atoms with Crippen LogP contribution >= 0.6 is 11.8 Å². The number of ether oxygens (including phenoxy) is 2. The molecule has 1 aliphatic heterocycles. The number of morpholine rings is 1. The molecule has 1 atom stereocenters. The molecular formula is C16H18FN3O4S. The third-order valence-electron chi connectivity index (χ3n) is 3.57. The maximum absolute atomic E-state index is 12.8. The lowest BCUT2D eigenvalue weighted by Crippen LogP contribution is -2.44. The minimum Gasteiger partial charge on any atom is -0.484 e. The topological polar surface area (TPSA) is 77.7 Å². The van der Waals surface area contributed by atoms with Crippen molar-refractivity contribution in [3.63, 3.8) is 0 Å². The number of carbonyl (C=O) groups excluding carboxylic acids is 1. The summed E-state index contributed by atoms with van der Waals surface area (Å²) in [6, 6.07) is 5.65. The van der Waals surface area contributed by atoms with E-state index in [-0.39, 0.29) is 29.5 Å². The third kappa shape index (κ3) is 4.93. The maximum atomic E-state index is 12.8. The van der Waals surface area contributed by atoms with E-state index >= 15 is 0 Å². The Kier molecular flexibility index (Phi) is 5.87. The predicted octanol–water partition coefficient (Wildman–Crippen LogP) is 2.13. The minimum atomic E-state index is -0.331. The van der Waals surface area contributed by atoms with Gasteiger partial charge in [-0.1, -0.05) is 11.8 Å². The molecule has 0 aliphatic carbocycles. The summed E-state index contributed by atoms with van der Waals surface area (Å²) in [6.07, 6.45) is 0. The van der Waals surface area contributed by atoms with Crippen LogP contribution in [0.5, 0.6) is 5.75 Å². The number of hydrogen-bond donors (Lipinski definition) is 0. The van der Waals surface area contributed by atoms with Crippen LogP contribution in [0.3, 0.4) is 0 Å². The smallest absolute Gasteiger partial charge is 0.277 e. The van der Waals surface area contributed by atoms with Crippen molar-refractivity contribution in [2.75, 3.05) is 26.3 Å². The number of rotatable bonds is 6. The van der Waals surface area contributed by atoms with E-state index in [0.717, 1.165) is 0 Å². The molecule has 3 rings (SSSR count). The number of halogens is 1. The van der Waals surface area contributed by atoms with Gasteiger partial charge in [-0.25, -0.2) is 4.39 Å². The second kappa shape index (κ2) is 8.30. The fourth-order valence-electron chi connectivity index (χ4n) is 2.26. The molecule has 0 bridgehead atoms. The summed E-state index contributed by atoms with van der Waals surface area (Å²) in [5.74, 6) is 0.487. The number of hydrogen-bond acceptors (Lipinski definition) is 7. The summed E-state index contributed by atoms with van der Waals surface area (Å²) in [6.45, 7) is 4.21. The molecule has 1 saturated heterocycles. The van der Waals surface area contributed by atoms with Gasteiger partial charge in [0.05, 0.1) is 18.5 Å². The van der Waals surface area contributed by atoms with Crippen LogP contribution < -0.4 is 4.74 Å². The molecule has 0 N–H and O–H groups in total. The third-order valence-corrected chi connectivity index (χ3v) is 4.49. The van der Waals surface area contributed by atoms with Crippen LogP contribution in [0.15, 0.2) is 33.9 Å². The van der Waals surface area contributed by atoms with Gasteiger partial charge in [0.1, 0.15) is 11.6 Å². The number of carbonyl (C=O) groups is 1. The number of aromatic nitrogens is 2. The molecule has 1 amide bonds. The van der Waals surface area contributed by atoms with E-state index in [4.69, 9.17) is 13.9 Å². The van der Waals surface area contributed by atoms with E-state index in [0.29, 0.717) is 37.3 Å². The second-order valence-electron chi connectivity index (χ2n) is 5.40. The molecule has 2 heterocycles. The van der Waals surface area contributed by atoms with Gasteiger partial charge in [-0.15, -0.1) is 10.2 Å². The fraction of sp³-hybridized carbons (Fsp3) is 0.438. The summed E-state index contributed by atoms with van der Waals surface area (Å²) in [4.78, 5) is 14.1. The van der Waals surface area contributed by atoms with Gasteiger partial charge in [-0.05, 0) is 31.2 Å². The monoisotopic (exact) mass is 367 g/mol. The van der Waals surface area contributed by atoms with Gasteiger partial charge in [0.2, 0.25) is 5.91 Å². The first-order chi connectivity index (χ1) is 12.1. The average molecular weight is 367 g/mol. The molecule has 0 saturated carbocycles. The SMILES string of the molecule is C[C@@H](Sc1nnc(COc2ccc(F)cc2)o1)C(=O)N1CCOCC1. The van der Waals surface area contributed by atoms with Gasteiger partial charge in [0.25, 0.3) is 11.1 Å². The molecule has 1 aromatic carbocycles. The van der Waals surface area contributed by atoms with Crippen LogP contribution in [-0.2, 0) is 16.1 Å². The summed E-state index contributed by atoms with van der Waals surface area (Å²) in [5, 5.41) is 7.80. The quantitative estimate of drug-likeness (QED) is 0.724. The molecule has 1 aromatic heterocycles. The zero-order valence-electron chi connectivity index (χ0n) is 13.7. The van der Waals surface area contributed by atoms with Crippen molar-refractivity contribution in [3.05, 3.63) is 36.0 Å². The second-order valence-corrected chi connectivity index (χ2v) is 6.69. The van der Waals surface area contributed by atoms with Gasteiger partial charge >= 0.3 is 0 Å². The average Bonchev–Trinajstić information content (AvgIpc) is 3.08. The molecule has 0 spiro atoms. The van der Waals surface area contributed by atoms with Crippen LogP contribution in [0.2, 0.25) is 0 Å². The standard InChI is InChI=1S/C16H18FN3O4S/c1-11(15(21)20-6-8-22-9-7-20)25-16-19-18-14(24-16)10-23-13-4-2-12(17)3-5-13/h2-5,11H,6-10H2,1H3/t11-/m1/s1. The van der Waals surface area contributed by atoms with E-state index in [1.54, 1.807) is 11.8 Å². The largest absolute Gasteiger partial charge is 0.484 e. The van der Waals surface area contributed by atoms with Gasteiger partial charge in [-0.2, -0.15) is 0 Å². The van der Waals surface area contributed by atoms with Gasteiger partial charge in [0, 0.05) is 13.1 Å². The number of nitrogens with zero attached hydrogens (tertiary/aromatic N) is 3. The van der Waals surface area contributed by atoms with Crippen LogP contribution in [0.25, 0.3) is 0 Å². The van der Waals surface area contributed by atoms with E-state index in [9.17, 15) is 9.18 Å². The van der Waals surface area contributed by atoms with Gasteiger partial charge in [0.15, 0.2) is 6.61 Å². The van der Waals surface area contributed by atoms with E-state index in [2.05, 4.69) is 10.2 Å². The molecule has 1 aliphatic rings. The molecule has 0 unspecified atom stereocenters. The highest BCUT2D eigenvalue weighted by molar-refractivity contribution is 8.00. The van der Waals surface area contributed by atoms with E-state index in [1.807, 2.05) is 0 Å². The Morgan fingerprint density at radius 3 is 2.76 bits per heavy atom. The zero-order chi connectivity index (χ0) is 17.6. The molecule has 7 nitrogen and oxygen atoms in total. The van der Waals surface area contributed by atoms with Crippen molar-refractivity contribution >= 4 is 17.7 Å². The van der Waals surface area contributed by atoms with Crippen molar-refractivity contribution in [3.8, 4) is 5.75 Å². The van der Waals surface area contributed by atoms with Crippen molar-refractivity contribution in [2.24, 2.45) is 0 Å². The van der Waals surface area contributed by atoms with Gasteiger partial charge in [-0.3, -0.25) is 4.79 Å². The Bertz CT molecular complexity index is 704. The molecule has 2 aromatic rings. The lowest BCUT2D eigenvalue weighted by atomic mass is 10.3. The molecule has 1 fully saturated rings. The molecule has 25 heavy (non-hydrogen) atoms. The molecule has 9 heteroatoms. The van der Waals surface area contributed by atoms with Crippen molar-refractivity contribution in [1.29, 1.82) is 0 Å². The summed E-state index contributed by atoms with van der Waals surface area (Å²) in [5.41, 5.74) is 0. The Morgan fingerprint density at radius 2 is 2.04 bits per heavy atom. The van der Waals surface area contributed by atoms with E-state index in [1.165, 1.54) is 36.0 Å². The lowest BCUT2D eigenvalue weighted by molar-refractivity contribution is -0.134. The highest BCUT2D eigenvalue weighted by Gasteiger charge is 2.25. The first-order valence-electron chi connectivity index (χ1n) is 7.86. The Labute approximate surface area is 148 Å². The minimum absolute atomic E-state index is 0.0237. The van der Waals surface area contributed by atoms with Crippen LogP contribution in [0, 0.1) is 5.82 Å². The highest BCUT2D eigenvalue weighted by Crippen LogP contribution is 2.24. The number of thioether (sulfide) groups is 1. The number of benzene rings is 1. The Morgan fingerprint density at radius 1 is 1.32 bits per heavy atom. The van der Waals surface area contributed by atoms with Crippen LogP contribution in [0.4, 0.5) is 4.39 Å². The fourth-order valence-corrected chi connectivity index (χ4v) is 3.05. The molecular weight excluding hydrogens is 349 g/mol. The van der Waals surface area contributed by atoms with Crippen molar-refractivity contribution in [1.82, 2.24) is 15.1 Å². The Hall–Kier alpha value is -2.13. The normalized spacial score (nSPS) is 15.8. The zero-order valence-corrected chi connectivity index (χ0v) is 14.5. The summed E-state index contributed by atoms with van der Waals surface area (Å²) in [7, 11) is 0. The first-order valence-corrected chi connectivity index (χ1v) is 8.74. The summed E-state index contributed by atoms with van der Waals surface area (Å²) < 4.78 is 29.0. The van der Waals surface area contributed by atoms with Crippen molar-refractivity contribution in [2.45, 2.75) is 24.0 Å². The highest BCUT2D eigenvalue weighted by atomic mass is 32.2. The Balaban J connectivity index is 1.50. The van der Waals surface area contributed by atoms with Crippen molar-refractivity contribution < 1.29 is 23.1 Å². The molecule has 0 radical (unpaired) electrons. The molecule has 134 valence electrons. The maximum Gasteiger partial charge on any atom is 0.277 e. The lowest BCUT2D eigenvalue weighted by Gasteiger charge is -2.28. The first kappa shape index (κ1) is 17.7. The van der Waals surface area contributed by atoms with Crippen LogP contribution in [0.1, 0.15) is 12.8 Å². The van der Waals surface area contributed by atoms with Crippen LogP contribution in [-0.4, -0.2) is 52.6 Å². The summed E-state index contributed by atoms with van der Waals surface area (Å²) >= 11 is 1.21. The number of amides is 1. The van der Waals surface area contributed by atoms with Gasteiger partial charge < -0.3 is 18.8 Å². The predicted molar refractivity (Wildman–Crippen MR) is 87.7 cm³/mol.